The van der Waals surface area contributed by atoms with Crippen LogP contribution in [0, 0.1) is 10.1 Å². The summed E-state index contributed by atoms with van der Waals surface area (Å²) in [6, 6.07) is 6.04. The van der Waals surface area contributed by atoms with Crippen LogP contribution in [0.15, 0.2) is 28.8 Å². The Balaban J connectivity index is 2.07. The van der Waals surface area contributed by atoms with E-state index in [0.717, 1.165) is 12.8 Å². The number of nitrogens with two attached hydrogens (primary N) is 1. The summed E-state index contributed by atoms with van der Waals surface area (Å²) in [7, 11) is 0. The highest BCUT2D eigenvalue weighted by Gasteiger charge is 2.10. The van der Waals surface area contributed by atoms with Crippen molar-refractivity contribution in [2.45, 2.75) is 19.3 Å². The first-order valence-corrected chi connectivity index (χ1v) is 5.98. The van der Waals surface area contributed by atoms with Gasteiger partial charge in [0.05, 0.1) is 4.92 Å². The zero-order valence-corrected chi connectivity index (χ0v) is 10.3. The van der Waals surface area contributed by atoms with Crippen LogP contribution in [-0.4, -0.2) is 21.6 Å². The summed E-state index contributed by atoms with van der Waals surface area (Å²) >= 11 is 0. The molecule has 100 valence electrons. The average molecular weight is 262 g/mol. The predicted molar refractivity (Wildman–Crippen MR) is 68.4 cm³/mol. The summed E-state index contributed by atoms with van der Waals surface area (Å²) in [6.07, 6.45) is 2.50. The Kier molecular flexibility index (Phi) is 4.19. The normalized spacial score (nSPS) is 10.6. The predicted octanol–water partition coefficient (Wildman–Crippen LogP) is 1.93. The number of unbranched alkanes of at least 4 members (excludes halogenated alkanes) is 1. The molecule has 0 saturated heterocycles. The van der Waals surface area contributed by atoms with Crippen LogP contribution < -0.4 is 5.73 Å². The molecule has 0 aliphatic carbocycles. The van der Waals surface area contributed by atoms with Crippen molar-refractivity contribution >= 4 is 5.69 Å². The maximum absolute atomic E-state index is 10.5. The van der Waals surface area contributed by atoms with Crippen LogP contribution in [0.1, 0.15) is 18.7 Å². The maximum Gasteiger partial charge on any atom is 0.269 e. The number of rotatable bonds is 6. The van der Waals surface area contributed by atoms with Crippen LogP contribution in [0.4, 0.5) is 5.69 Å². The second kappa shape index (κ2) is 6.05. The first kappa shape index (κ1) is 13.2. The van der Waals surface area contributed by atoms with Crippen LogP contribution >= 0.6 is 0 Å². The van der Waals surface area contributed by atoms with Crippen LogP contribution in [0.2, 0.25) is 0 Å². The average Bonchev–Trinajstić information content (AvgIpc) is 2.88. The van der Waals surface area contributed by atoms with Gasteiger partial charge in [-0.3, -0.25) is 10.1 Å². The quantitative estimate of drug-likeness (QED) is 0.484. The van der Waals surface area contributed by atoms with E-state index in [1.54, 1.807) is 12.1 Å². The first-order chi connectivity index (χ1) is 9.20. The zero-order chi connectivity index (χ0) is 13.7. The molecule has 0 atom stereocenters. The molecule has 0 unspecified atom stereocenters. The molecule has 0 bridgehead atoms. The number of hydrogen-bond donors (Lipinski definition) is 1. The number of nitrogens with zero attached hydrogens (tertiary/aromatic N) is 3. The summed E-state index contributed by atoms with van der Waals surface area (Å²) in [6.45, 7) is 0.642. The minimum Gasteiger partial charge on any atom is -0.339 e. The smallest absolute Gasteiger partial charge is 0.269 e. The number of benzene rings is 1. The molecule has 7 heteroatoms. The van der Waals surface area contributed by atoms with Crippen LogP contribution in [0.25, 0.3) is 11.4 Å². The monoisotopic (exact) mass is 262 g/mol. The lowest BCUT2D eigenvalue weighted by Gasteiger charge is -1.94. The van der Waals surface area contributed by atoms with Gasteiger partial charge in [-0.05, 0) is 31.5 Å². The Morgan fingerprint density at radius 2 is 2.00 bits per heavy atom. The van der Waals surface area contributed by atoms with E-state index in [9.17, 15) is 10.1 Å². The molecule has 2 aromatic rings. The fraction of sp³-hybridized carbons (Fsp3) is 0.333. The fourth-order valence-corrected chi connectivity index (χ4v) is 1.63. The summed E-state index contributed by atoms with van der Waals surface area (Å²) in [5.41, 5.74) is 6.14. The van der Waals surface area contributed by atoms with Gasteiger partial charge in [0.25, 0.3) is 5.69 Å². The van der Waals surface area contributed by atoms with E-state index < -0.39 is 4.92 Å². The van der Waals surface area contributed by atoms with E-state index in [1.165, 1.54) is 12.1 Å². The van der Waals surface area contributed by atoms with Crippen molar-refractivity contribution in [3.05, 3.63) is 40.3 Å². The van der Waals surface area contributed by atoms with Crippen molar-refractivity contribution in [1.82, 2.24) is 10.1 Å². The van der Waals surface area contributed by atoms with E-state index in [2.05, 4.69) is 10.1 Å². The zero-order valence-electron chi connectivity index (χ0n) is 10.3. The Labute approximate surface area is 109 Å². The Bertz CT molecular complexity index is 550. The summed E-state index contributed by atoms with van der Waals surface area (Å²) in [4.78, 5) is 14.3. The number of aryl methyl sites for hydroxylation is 1. The van der Waals surface area contributed by atoms with Gasteiger partial charge in [-0.2, -0.15) is 4.98 Å². The molecule has 0 fully saturated rings. The second-order valence-corrected chi connectivity index (χ2v) is 4.06. The van der Waals surface area contributed by atoms with Gasteiger partial charge < -0.3 is 10.3 Å². The third-order valence-corrected chi connectivity index (χ3v) is 2.65. The molecule has 2 rings (SSSR count). The highest BCUT2D eigenvalue weighted by molar-refractivity contribution is 5.56. The third kappa shape index (κ3) is 3.35. The highest BCUT2D eigenvalue weighted by Crippen LogP contribution is 2.20. The Hall–Kier alpha value is -2.28. The van der Waals surface area contributed by atoms with Gasteiger partial charge in [-0.25, -0.2) is 0 Å². The molecule has 0 aliphatic heterocycles. The SMILES string of the molecule is NCCCCc1nc(-c2ccc([N+](=O)[O-])cc2)no1. The minimum absolute atomic E-state index is 0.0374. The highest BCUT2D eigenvalue weighted by atomic mass is 16.6. The largest absolute Gasteiger partial charge is 0.339 e. The summed E-state index contributed by atoms with van der Waals surface area (Å²) in [5.74, 6) is 0.999. The van der Waals surface area contributed by atoms with Crippen molar-refractivity contribution in [1.29, 1.82) is 0 Å². The van der Waals surface area contributed by atoms with Crippen molar-refractivity contribution < 1.29 is 9.45 Å². The van der Waals surface area contributed by atoms with Crippen molar-refractivity contribution in [2.24, 2.45) is 5.73 Å². The Morgan fingerprint density at radius 3 is 2.63 bits per heavy atom. The van der Waals surface area contributed by atoms with E-state index in [1.807, 2.05) is 0 Å². The Morgan fingerprint density at radius 1 is 1.26 bits per heavy atom. The maximum atomic E-state index is 10.5. The van der Waals surface area contributed by atoms with Crippen LogP contribution in [0.3, 0.4) is 0 Å². The third-order valence-electron chi connectivity index (χ3n) is 2.65. The van der Waals surface area contributed by atoms with Crippen LogP contribution in [0.5, 0.6) is 0 Å². The van der Waals surface area contributed by atoms with E-state index >= 15 is 0 Å². The number of non-ortho nitro benzene ring substituents is 1. The molecule has 0 aliphatic rings. The van der Waals surface area contributed by atoms with Crippen molar-refractivity contribution in [2.75, 3.05) is 6.54 Å². The molecule has 1 aromatic heterocycles. The van der Waals surface area contributed by atoms with E-state index in [0.29, 0.717) is 30.2 Å². The molecule has 7 nitrogen and oxygen atoms in total. The molecule has 19 heavy (non-hydrogen) atoms. The van der Waals surface area contributed by atoms with Gasteiger partial charge in [0.15, 0.2) is 0 Å². The van der Waals surface area contributed by atoms with Gasteiger partial charge in [0.1, 0.15) is 0 Å². The molecular weight excluding hydrogens is 248 g/mol. The molecule has 1 heterocycles. The topological polar surface area (TPSA) is 108 Å². The molecule has 1 aromatic carbocycles. The summed E-state index contributed by atoms with van der Waals surface area (Å²) < 4.78 is 5.11. The molecule has 0 radical (unpaired) electrons. The van der Waals surface area contributed by atoms with Gasteiger partial charge in [0, 0.05) is 24.1 Å². The lowest BCUT2D eigenvalue weighted by Crippen LogP contribution is -1.99. The van der Waals surface area contributed by atoms with Crippen LogP contribution in [-0.2, 0) is 6.42 Å². The number of hydrogen-bond acceptors (Lipinski definition) is 6. The number of nitro benzene ring substituents is 1. The fourth-order valence-electron chi connectivity index (χ4n) is 1.63. The van der Waals surface area contributed by atoms with Crippen molar-refractivity contribution in [3.63, 3.8) is 0 Å². The van der Waals surface area contributed by atoms with Gasteiger partial charge in [-0.1, -0.05) is 5.16 Å². The number of aromatic nitrogens is 2. The molecule has 0 saturated carbocycles. The van der Waals surface area contributed by atoms with E-state index in [4.69, 9.17) is 10.3 Å². The van der Waals surface area contributed by atoms with Gasteiger partial charge in [0.2, 0.25) is 11.7 Å². The van der Waals surface area contributed by atoms with E-state index in [-0.39, 0.29) is 5.69 Å². The summed E-state index contributed by atoms with van der Waals surface area (Å²) in [5, 5.41) is 14.4. The minimum atomic E-state index is -0.446. The van der Waals surface area contributed by atoms with Gasteiger partial charge in [-0.15, -0.1) is 0 Å². The standard InChI is InChI=1S/C12H14N4O3/c13-8-2-1-3-11-14-12(15-19-11)9-4-6-10(7-5-9)16(17)18/h4-7H,1-3,8,13H2. The van der Waals surface area contributed by atoms with Gasteiger partial charge >= 0.3 is 0 Å². The molecule has 0 amide bonds. The number of nitro groups is 1. The lowest BCUT2D eigenvalue weighted by atomic mass is 10.2. The molecule has 0 spiro atoms. The first-order valence-electron chi connectivity index (χ1n) is 5.98. The molecular formula is C12H14N4O3. The molecule has 2 N–H and O–H groups in total. The second-order valence-electron chi connectivity index (χ2n) is 4.06. The lowest BCUT2D eigenvalue weighted by molar-refractivity contribution is -0.384. The van der Waals surface area contributed by atoms with Crippen molar-refractivity contribution in [3.8, 4) is 11.4 Å².